The van der Waals surface area contributed by atoms with Crippen molar-refractivity contribution in [1.29, 1.82) is 0 Å². The molecule has 4 nitrogen and oxygen atoms in total. The molecule has 0 bridgehead atoms. The van der Waals surface area contributed by atoms with Crippen LogP contribution in [0.2, 0.25) is 0 Å². The first-order valence-corrected chi connectivity index (χ1v) is 6.16. The number of hydrogen-bond donors (Lipinski definition) is 2. The molecule has 0 radical (unpaired) electrons. The van der Waals surface area contributed by atoms with Crippen molar-refractivity contribution in [1.82, 2.24) is 15.3 Å². The summed E-state index contributed by atoms with van der Waals surface area (Å²) in [6.45, 7) is 0.612. The number of rotatable bonds is 1. The van der Waals surface area contributed by atoms with Crippen LogP contribution in [0.15, 0.2) is 42.6 Å². The van der Waals surface area contributed by atoms with E-state index in [1.807, 2.05) is 24.3 Å². The second-order valence-corrected chi connectivity index (χ2v) is 4.68. The third-order valence-electron chi connectivity index (χ3n) is 3.49. The number of nitrogens with zero attached hydrogens (tertiary/aromatic N) is 1. The van der Waals surface area contributed by atoms with Gasteiger partial charge in [0.25, 0.3) is 5.91 Å². The van der Waals surface area contributed by atoms with Crippen LogP contribution in [-0.2, 0) is 6.54 Å². The molecule has 2 aromatic heterocycles. The highest BCUT2D eigenvalue weighted by Gasteiger charge is 2.19. The van der Waals surface area contributed by atoms with E-state index in [2.05, 4.69) is 27.4 Å². The van der Waals surface area contributed by atoms with Crippen molar-refractivity contribution >= 4 is 16.9 Å². The Kier molecular flexibility index (Phi) is 2.00. The van der Waals surface area contributed by atoms with Crippen LogP contribution in [0.3, 0.4) is 0 Å². The van der Waals surface area contributed by atoms with Crippen LogP contribution >= 0.6 is 0 Å². The molecule has 4 rings (SSSR count). The number of fused-ring (bicyclic) bond motifs is 2. The Balaban J connectivity index is 1.86. The minimum Gasteiger partial charge on any atom is -0.348 e. The highest BCUT2D eigenvalue weighted by molar-refractivity contribution is 5.99. The number of nitrogens with one attached hydrogen (secondary N) is 2. The predicted octanol–water partition coefficient (Wildman–Crippen LogP) is 2.47. The zero-order valence-corrected chi connectivity index (χ0v) is 10.1. The average molecular weight is 249 g/mol. The second-order valence-electron chi connectivity index (χ2n) is 4.68. The lowest BCUT2D eigenvalue weighted by Crippen LogP contribution is -2.12. The number of carbonyl (C=O) groups excluding carboxylic acids is 1. The molecule has 92 valence electrons. The van der Waals surface area contributed by atoms with Crippen LogP contribution in [0.25, 0.3) is 22.3 Å². The van der Waals surface area contributed by atoms with Gasteiger partial charge < -0.3 is 10.3 Å². The summed E-state index contributed by atoms with van der Waals surface area (Å²) in [5.74, 6) is 0.0138. The fourth-order valence-corrected chi connectivity index (χ4v) is 2.51. The van der Waals surface area contributed by atoms with Gasteiger partial charge in [-0.1, -0.05) is 6.07 Å². The molecular weight excluding hydrogens is 238 g/mol. The first-order valence-electron chi connectivity index (χ1n) is 6.16. The van der Waals surface area contributed by atoms with Crippen molar-refractivity contribution in [3.8, 4) is 11.3 Å². The Morgan fingerprint density at radius 3 is 3.00 bits per heavy atom. The maximum Gasteiger partial charge on any atom is 0.251 e. The Morgan fingerprint density at radius 1 is 1.16 bits per heavy atom. The first kappa shape index (κ1) is 10.3. The summed E-state index contributed by atoms with van der Waals surface area (Å²) in [4.78, 5) is 19.1. The quantitative estimate of drug-likeness (QED) is 0.696. The number of aromatic amines is 1. The third kappa shape index (κ3) is 1.53. The van der Waals surface area contributed by atoms with Crippen LogP contribution in [-0.4, -0.2) is 15.9 Å². The van der Waals surface area contributed by atoms with Gasteiger partial charge in [0, 0.05) is 29.4 Å². The van der Waals surface area contributed by atoms with Crippen LogP contribution in [0.4, 0.5) is 0 Å². The van der Waals surface area contributed by atoms with E-state index in [4.69, 9.17) is 0 Å². The van der Waals surface area contributed by atoms with Crippen molar-refractivity contribution in [2.24, 2.45) is 0 Å². The third-order valence-corrected chi connectivity index (χ3v) is 3.49. The minimum atomic E-state index is 0.0138. The van der Waals surface area contributed by atoms with E-state index in [1.54, 1.807) is 6.20 Å². The Morgan fingerprint density at radius 2 is 2.11 bits per heavy atom. The summed E-state index contributed by atoms with van der Waals surface area (Å²) in [6.07, 6.45) is 1.77. The van der Waals surface area contributed by atoms with Crippen molar-refractivity contribution in [3.63, 3.8) is 0 Å². The van der Waals surface area contributed by atoms with Gasteiger partial charge in [-0.3, -0.25) is 4.79 Å². The lowest BCUT2D eigenvalue weighted by atomic mass is 10.0. The highest BCUT2D eigenvalue weighted by atomic mass is 16.1. The van der Waals surface area contributed by atoms with Gasteiger partial charge in [-0.05, 0) is 41.5 Å². The SMILES string of the molecule is O=C1NCc2cc(-c3cc4cccnc4[nH]3)ccc21. The van der Waals surface area contributed by atoms with E-state index in [0.29, 0.717) is 6.54 Å². The van der Waals surface area contributed by atoms with Crippen LogP contribution in [0.5, 0.6) is 0 Å². The van der Waals surface area contributed by atoms with Gasteiger partial charge in [-0.25, -0.2) is 4.98 Å². The van der Waals surface area contributed by atoms with Gasteiger partial charge in [0.1, 0.15) is 5.65 Å². The monoisotopic (exact) mass is 249 g/mol. The number of amides is 1. The summed E-state index contributed by atoms with van der Waals surface area (Å²) in [5.41, 5.74) is 4.81. The number of hydrogen-bond acceptors (Lipinski definition) is 2. The number of H-pyrrole nitrogens is 1. The van der Waals surface area contributed by atoms with E-state index in [9.17, 15) is 4.79 Å². The van der Waals surface area contributed by atoms with E-state index in [-0.39, 0.29) is 5.91 Å². The lowest BCUT2D eigenvalue weighted by Gasteiger charge is -2.00. The Hall–Kier alpha value is -2.62. The number of aromatic nitrogens is 2. The first-order chi connectivity index (χ1) is 9.31. The molecule has 1 amide bonds. The van der Waals surface area contributed by atoms with Gasteiger partial charge in [0.15, 0.2) is 0 Å². The molecule has 0 saturated heterocycles. The Bertz CT molecular complexity index is 771. The van der Waals surface area contributed by atoms with Crippen molar-refractivity contribution in [2.45, 2.75) is 6.54 Å². The maximum absolute atomic E-state index is 11.5. The molecule has 0 atom stereocenters. The summed E-state index contributed by atoms with van der Waals surface area (Å²) < 4.78 is 0. The van der Waals surface area contributed by atoms with Crippen molar-refractivity contribution in [2.75, 3.05) is 0 Å². The minimum absolute atomic E-state index is 0.0138. The summed E-state index contributed by atoms with van der Waals surface area (Å²) >= 11 is 0. The maximum atomic E-state index is 11.5. The van der Waals surface area contributed by atoms with Crippen LogP contribution < -0.4 is 5.32 Å². The summed E-state index contributed by atoms with van der Waals surface area (Å²) in [6, 6.07) is 11.9. The van der Waals surface area contributed by atoms with Gasteiger partial charge >= 0.3 is 0 Å². The van der Waals surface area contributed by atoms with Gasteiger partial charge in [-0.15, -0.1) is 0 Å². The van der Waals surface area contributed by atoms with E-state index in [0.717, 1.165) is 33.4 Å². The van der Waals surface area contributed by atoms with Crippen LogP contribution in [0.1, 0.15) is 15.9 Å². The van der Waals surface area contributed by atoms with E-state index in [1.165, 1.54) is 0 Å². The number of benzene rings is 1. The molecule has 0 saturated carbocycles. The molecule has 2 N–H and O–H groups in total. The normalized spacial score (nSPS) is 13.6. The molecule has 4 heteroatoms. The van der Waals surface area contributed by atoms with E-state index < -0.39 is 0 Å². The average Bonchev–Trinajstić information content (AvgIpc) is 3.02. The van der Waals surface area contributed by atoms with Crippen molar-refractivity contribution < 1.29 is 4.79 Å². The summed E-state index contributed by atoms with van der Waals surface area (Å²) in [7, 11) is 0. The molecule has 3 heterocycles. The van der Waals surface area contributed by atoms with Gasteiger partial charge in [-0.2, -0.15) is 0 Å². The molecule has 19 heavy (non-hydrogen) atoms. The fourth-order valence-electron chi connectivity index (χ4n) is 2.51. The fraction of sp³-hybridized carbons (Fsp3) is 0.0667. The Labute approximate surface area is 109 Å². The zero-order valence-electron chi connectivity index (χ0n) is 10.1. The molecule has 0 spiro atoms. The molecule has 0 fully saturated rings. The largest absolute Gasteiger partial charge is 0.348 e. The van der Waals surface area contributed by atoms with Gasteiger partial charge in [0.05, 0.1) is 0 Å². The molecule has 0 unspecified atom stereocenters. The smallest absolute Gasteiger partial charge is 0.251 e. The number of pyridine rings is 1. The van der Waals surface area contributed by atoms with Gasteiger partial charge in [0.2, 0.25) is 0 Å². The summed E-state index contributed by atoms with van der Waals surface area (Å²) in [5, 5.41) is 3.92. The highest BCUT2D eigenvalue weighted by Crippen LogP contribution is 2.26. The molecular formula is C15H11N3O. The second kappa shape index (κ2) is 3.68. The predicted molar refractivity (Wildman–Crippen MR) is 72.7 cm³/mol. The molecule has 0 aliphatic carbocycles. The molecule has 1 aliphatic heterocycles. The van der Waals surface area contributed by atoms with Crippen LogP contribution in [0, 0.1) is 0 Å². The number of carbonyl (C=O) groups is 1. The topological polar surface area (TPSA) is 57.8 Å². The molecule has 1 aliphatic rings. The van der Waals surface area contributed by atoms with Crippen molar-refractivity contribution in [3.05, 3.63) is 53.7 Å². The van der Waals surface area contributed by atoms with E-state index >= 15 is 0 Å². The molecule has 3 aromatic rings. The standard InChI is InChI=1S/C15H11N3O/c19-15-12-4-3-9(6-11(12)8-17-15)13-7-10-2-1-5-16-14(10)18-13/h1-7H,8H2,(H,16,18)(H,17,19). The molecule has 1 aromatic carbocycles. The zero-order chi connectivity index (χ0) is 12.8. The lowest BCUT2D eigenvalue weighted by molar-refractivity contribution is 0.0966.